The van der Waals surface area contributed by atoms with E-state index in [0.29, 0.717) is 11.9 Å². The fourth-order valence-electron chi connectivity index (χ4n) is 3.04. The van der Waals surface area contributed by atoms with E-state index in [1.54, 1.807) is 24.3 Å². The Balaban J connectivity index is 1.53. The molecule has 12 heteroatoms. The van der Waals surface area contributed by atoms with E-state index in [4.69, 9.17) is 0 Å². The van der Waals surface area contributed by atoms with Crippen molar-refractivity contribution in [2.75, 3.05) is 0 Å². The molecular formula is C21H14F4N6O2. The molecule has 0 radical (unpaired) electrons. The van der Waals surface area contributed by atoms with E-state index in [-0.39, 0.29) is 10.4 Å². The molecule has 8 nitrogen and oxygen atoms in total. The predicted octanol–water partition coefficient (Wildman–Crippen LogP) is 3.50. The van der Waals surface area contributed by atoms with E-state index >= 15 is 0 Å². The molecule has 0 unspecified atom stereocenters. The van der Waals surface area contributed by atoms with Crippen LogP contribution < -0.4 is 10.9 Å². The third-order valence-electron chi connectivity index (χ3n) is 4.54. The molecule has 2 amide bonds. The van der Waals surface area contributed by atoms with Crippen LogP contribution in [0.1, 0.15) is 26.5 Å². The van der Waals surface area contributed by atoms with Crippen molar-refractivity contribution in [2.24, 2.45) is 0 Å². The van der Waals surface area contributed by atoms with Crippen LogP contribution >= 0.6 is 0 Å². The number of H-pyrrole nitrogens is 1. The Labute approximate surface area is 183 Å². The maximum atomic E-state index is 14.0. The lowest BCUT2D eigenvalue weighted by Gasteiger charge is -2.13. The van der Waals surface area contributed by atoms with Crippen molar-refractivity contribution in [3.63, 3.8) is 0 Å². The van der Waals surface area contributed by atoms with Gasteiger partial charge in [-0.25, -0.2) is 9.07 Å². The minimum absolute atomic E-state index is 0.0350. The summed E-state index contributed by atoms with van der Waals surface area (Å²) in [7, 11) is 0. The number of amides is 2. The largest absolute Gasteiger partial charge is 0.434 e. The summed E-state index contributed by atoms with van der Waals surface area (Å²) < 4.78 is 55.4. The molecule has 0 aliphatic rings. The molecular weight excluding hydrogens is 444 g/mol. The van der Waals surface area contributed by atoms with Crippen molar-refractivity contribution in [1.82, 2.24) is 30.8 Å². The van der Waals surface area contributed by atoms with Crippen molar-refractivity contribution < 1.29 is 27.2 Å². The lowest BCUT2D eigenvalue weighted by Crippen LogP contribution is -2.42. The molecule has 4 aromatic rings. The number of aromatic amines is 1. The Morgan fingerprint density at radius 1 is 0.939 bits per heavy atom. The Bertz CT molecular complexity index is 1310. The van der Waals surface area contributed by atoms with Crippen LogP contribution in [0.15, 0.2) is 66.9 Å². The summed E-state index contributed by atoms with van der Waals surface area (Å²) in [6, 6.07) is 15.0. The number of nitrogens with one attached hydrogen (secondary N) is 3. The molecule has 2 aromatic heterocycles. The highest BCUT2D eigenvalue weighted by molar-refractivity contribution is 5.99. The molecule has 33 heavy (non-hydrogen) atoms. The molecule has 0 spiro atoms. The van der Waals surface area contributed by atoms with Crippen LogP contribution in [0.4, 0.5) is 17.6 Å². The molecule has 2 heterocycles. The molecule has 0 saturated carbocycles. The van der Waals surface area contributed by atoms with Crippen LogP contribution in [0.3, 0.4) is 0 Å². The number of rotatable bonds is 4. The van der Waals surface area contributed by atoms with Gasteiger partial charge in [0.1, 0.15) is 17.2 Å². The van der Waals surface area contributed by atoms with E-state index in [0.717, 1.165) is 17.7 Å². The second-order valence-electron chi connectivity index (χ2n) is 6.71. The van der Waals surface area contributed by atoms with Crippen LogP contribution in [0.5, 0.6) is 0 Å². The highest BCUT2D eigenvalue weighted by Crippen LogP contribution is 2.34. The molecule has 2 aromatic carbocycles. The number of hydrazine groups is 1. The summed E-state index contributed by atoms with van der Waals surface area (Å²) in [5, 5.41) is 10.00. The minimum atomic E-state index is -5.04. The van der Waals surface area contributed by atoms with Gasteiger partial charge in [0.25, 0.3) is 11.8 Å². The summed E-state index contributed by atoms with van der Waals surface area (Å²) in [5.74, 6) is -3.09. The summed E-state index contributed by atoms with van der Waals surface area (Å²) in [5.41, 5.74) is 2.19. The van der Waals surface area contributed by atoms with Gasteiger partial charge in [0.05, 0.1) is 17.5 Å². The number of alkyl halides is 3. The molecule has 0 aliphatic carbocycles. The zero-order valence-corrected chi connectivity index (χ0v) is 16.5. The Morgan fingerprint density at radius 2 is 1.61 bits per heavy atom. The van der Waals surface area contributed by atoms with Crippen molar-refractivity contribution in [2.45, 2.75) is 6.18 Å². The molecule has 0 aliphatic heterocycles. The van der Waals surface area contributed by atoms with Gasteiger partial charge in [-0.05, 0) is 18.2 Å². The summed E-state index contributed by atoms with van der Waals surface area (Å²) >= 11 is 0. The van der Waals surface area contributed by atoms with E-state index in [1.807, 2.05) is 16.9 Å². The van der Waals surface area contributed by atoms with Gasteiger partial charge in [-0.3, -0.25) is 25.5 Å². The molecule has 0 atom stereocenters. The zero-order valence-electron chi connectivity index (χ0n) is 16.5. The van der Waals surface area contributed by atoms with Crippen molar-refractivity contribution in [3.05, 3.63) is 89.6 Å². The van der Waals surface area contributed by atoms with Gasteiger partial charge in [-0.2, -0.15) is 23.4 Å². The third-order valence-corrected chi connectivity index (χ3v) is 4.54. The summed E-state index contributed by atoms with van der Waals surface area (Å²) in [6.07, 6.45) is -4.40. The number of hydrogen-bond acceptors (Lipinski definition) is 4. The molecule has 0 fully saturated rings. The van der Waals surface area contributed by atoms with Crippen LogP contribution in [0.2, 0.25) is 0 Å². The van der Waals surface area contributed by atoms with Gasteiger partial charge >= 0.3 is 6.18 Å². The fourth-order valence-corrected chi connectivity index (χ4v) is 3.04. The lowest BCUT2D eigenvalue weighted by atomic mass is 10.1. The first-order valence-electron chi connectivity index (χ1n) is 9.37. The quantitative estimate of drug-likeness (QED) is 0.322. The van der Waals surface area contributed by atoms with Gasteiger partial charge in [0, 0.05) is 5.56 Å². The lowest BCUT2D eigenvalue weighted by molar-refractivity contribution is -0.143. The van der Waals surface area contributed by atoms with Crippen molar-refractivity contribution in [1.29, 1.82) is 0 Å². The number of aromatic nitrogens is 4. The van der Waals surface area contributed by atoms with E-state index in [1.165, 1.54) is 18.2 Å². The third kappa shape index (κ3) is 4.44. The van der Waals surface area contributed by atoms with Gasteiger partial charge < -0.3 is 0 Å². The predicted molar refractivity (Wildman–Crippen MR) is 107 cm³/mol. The monoisotopic (exact) mass is 458 g/mol. The normalized spacial score (nSPS) is 11.3. The summed E-state index contributed by atoms with van der Waals surface area (Å²) in [6.45, 7) is 0. The number of carbonyl (C=O) groups excluding carboxylic acids is 2. The number of benzene rings is 2. The highest BCUT2D eigenvalue weighted by Gasteiger charge is 2.41. The molecule has 4 rings (SSSR count). The second kappa shape index (κ2) is 8.57. The number of hydrogen-bond donors (Lipinski definition) is 3. The Hall–Kier alpha value is -4.48. The molecule has 168 valence electrons. The van der Waals surface area contributed by atoms with E-state index in [9.17, 15) is 27.2 Å². The van der Waals surface area contributed by atoms with Crippen LogP contribution in [0.25, 0.3) is 16.9 Å². The van der Waals surface area contributed by atoms with Crippen LogP contribution in [-0.2, 0) is 6.18 Å². The fraction of sp³-hybridized carbons (Fsp3) is 0.0476. The van der Waals surface area contributed by atoms with Crippen LogP contribution in [0, 0.1) is 5.82 Å². The maximum absolute atomic E-state index is 14.0. The number of para-hydroxylation sites is 1. The molecule has 0 saturated heterocycles. The summed E-state index contributed by atoms with van der Waals surface area (Å²) in [4.78, 5) is 24.7. The SMILES string of the molecule is O=C(NNC(=O)c1cnn(-c2ccccc2F)c1C(F)(F)F)c1cc(-c2ccccc2)n[nH]1. The van der Waals surface area contributed by atoms with Gasteiger partial charge in [-0.1, -0.05) is 42.5 Å². The average molecular weight is 458 g/mol. The number of nitrogens with zero attached hydrogens (tertiary/aromatic N) is 3. The first kappa shape index (κ1) is 21.7. The Kier molecular flexibility index (Phi) is 5.65. The standard InChI is InChI=1S/C21H14F4N6O2/c22-14-8-4-5-9-17(14)31-18(21(23,24)25)13(11-26-31)19(32)29-30-20(33)16-10-15(27-28-16)12-6-2-1-3-7-12/h1-11H,(H,27,28)(H,29,32)(H,30,33). The smallest absolute Gasteiger partial charge is 0.272 e. The highest BCUT2D eigenvalue weighted by atomic mass is 19.4. The zero-order chi connectivity index (χ0) is 23.6. The first-order valence-corrected chi connectivity index (χ1v) is 9.37. The number of halogens is 4. The first-order chi connectivity index (χ1) is 15.8. The number of carbonyl (C=O) groups is 2. The maximum Gasteiger partial charge on any atom is 0.434 e. The average Bonchev–Trinajstić information content (AvgIpc) is 3.46. The molecule has 0 bridgehead atoms. The molecule has 3 N–H and O–H groups in total. The topological polar surface area (TPSA) is 105 Å². The van der Waals surface area contributed by atoms with Crippen molar-refractivity contribution >= 4 is 11.8 Å². The minimum Gasteiger partial charge on any atom is -0.272 e. The Morgan fingerprint density at radius 3 is 2.30 bits per heavy atom. The van der Waals surface area contributed by atoms with Gasteiger partial charge in [-0.15, -0.1) is 0 Å². The second-order valence-corrected chi connectivity index (χ2v) is 6.71. The van der Waals surface area contributed by atoms with Crippen molar-refractivity contribution in [3.8, 4) is 16.9 Å². The van der Waals surface area contributed by atoms with E-state index < -0.39 is 40.8 Å². The van der Waals surface area contributed by atoms with Crippen LogP contribution in [-0.4, -0.2) is 31.8 Å². The van der Waals surface area contributed by atoms with Gasteiger partial charge in [0.2, 0.25) is 0 Å². The van der Waals surface area contributed by atoms with E-state index in [2.05, 4.69) is 15.3 Å². The van der Waals surface area contributed by atoms with Gasteiger partial charge in [0.15, 0.2) is 5.69 Å².